The molecule has 0 bridgehead atoms. The van der Waals surface area contributed by atoms with E-state index in [2.05, 4.69) is 10.4 Å². The van der Waals surface area contributed by atoms with E-state index in [1.54, 1.807) is 6.07 Å². The van der Waals surface area contributed by atoms with Gasteiger partial charge in [0.2, 0.25) is 0 Å². The van der Waals surface area contributed by atoms with Crippen molar-refractivity contribution in [2.75, 3.05) is 6.54 Å². The summed E-state index contributed by atoms with van der Waals surface area (Å²) in [5.74, 6) is -0.448. The lowest BCUT2D eigenvalue weighted by molar-refractivity contribution is -0.384. The van der Waals surface area contributed by atoms with Gasteiger partial charge in [0, 0.05) is 30.3 Å². The minimum atomic E-state index is -0.559. The molecule has 0 fully saturated rings. The summed E-state index contributed by atoms with van der Waals surface area (Å²) in [5.41, 5.74) is 0.450. The van der Waals surface area contributed by atoms with Gasteiger partial charge in [0.1, 0.15) is 5.69 Å². The molecule has 0 spiro atoms. The highest BCUT2D eigenvalue weighted by Gasteiger charge is 2.11. The van der Waals surface area contributed by atoms with Crippen LogP contribution in [0.2, 0.25) is 0 Å². The molecule has 9 heteroatoms. The normalized spacial score (nSPS) is 10.5. The van der Waals surface area contributed by atoms with E-state index in [0.29, 0.717) is 5.69 Å². The molecule has 0 atom stereocenters. The van der Waals surface area contributed by atoms with Crippen LogP contribution in [0, 0.1) is 10.1 Å². The van der Waals surface area contributed by atoms with Gasteiger partial charge in [0.05, 0.1) is 16.3 Å². The molecule has 0 aliphatic heterocycles. The van der Waals surface area contributed by atoms with Gasteiger partial charge in [-0.25, -0.2) is 4.68 Å². The standard InChI is InChI=1S/C17H14N4O4S/c22-16-7-6-14(15-5-2-10-26-15)19-20(16)9-8-18-17(23)12-3-1-4-13(11-12)21(24)25/h1-7,10-11H,8-9H2,(H,18,23). The van der Waals surface area contributed by atoms with E-state index in [9.17, 15) is 19.7 Å². The van der Waals surface area contributed by atoms with E-state index in [4.69, 9.17) is 0 Å². The number of nitrogens with zero attached hydrogens (tertiary/aromatic N) is 3. The second kappa shape index (κ2) is 7.70. The van der Waals surface area contributed by atoms with Crippen molar-refractivity contribution in [3.63, 3.8) is 0 Å². The number of nitro benzene ring substituents is 1. The molecule has 2 aromatic heterocycles. The summed E-state index contributed by atoms with van der Waals surface area (Å²) >= 11 is 1.52. The lowest BCUT2D eigenvalue weighted by Crippen LogP contribution is -2.31. The number of non-ortho nitro benzene ring substituents is 1. The van der Waals surface area contributed by atoms with Crippen molar-refractivity contribution in [3.05, 3.63) is 79.9 Å². The lowest BCUT2D eigenvalue weighted by atomic mass is 10.2. The van der Waals surface area contributed by atoms with Gasteiger partial charge in [-0.1, -0.05) is 12.1 Å². The fourth-order valence-corrected chi connectivity index (χ4v) is 2.99. The monoisotopic (exact) mass is 370 g/mol. The van der Waals surface area contributed by atoms with Gasteiger partial charge in [0.15, 0.2) is 0 Å². The van der Waals surface area contributed by atoms with Crippen molar-refractivity contribution in [1.82, 2.24) is 15.1 Å². The van der Waals surface area contributed by atoms with Crippen LogP contribution in [0.15, 0.2) is 58.7 Å². The third-order valence-electron chi connectivity index (χ3n) is 3.57. The Balaban J connectivity index is 1.65. The van der Waals surface area contributed by atoms with Crippen LogP contribution < -0.4 is 10.9 Å². The molecule has 0 saturated carbocycles. The number of hydrogen-bond acceptors (Lipinski definition) is 6. The van der Waals surface area contributed by atoms with Crippen LogP contribution in [0.25, 0.3) is 10.6 Å². The fourth-order valence-electron chi connectivity index (χ4n) is 2.30. The van der Waals surface area contributed by atoms with Gasteiger partial charge in [-0.15, -0.1) is 11.3 Å². The van der Waals surface area contributed by atoms with Gasteiger partial charge in [-0.3, -0.25) is 19.7 Å². The minimum absolute atomic E-state index is 0.154. The van der Waals surface area contributed by atoms with Crippen LogP contribution in [0.1, 0.15) is 10.4 Å². The summed E-state index contributed by atoms with van der Waals surface area (Å²) in [7, 11) is 0. The second-order valence-electron chi connectivity index (χ2n) is 5.32. The quantitative estimate of drug-likeness (QED) is 0.529. The van der Waals surface area contributed by atoms with Crippen molar-refractivity contribution >= 4 is 22.9 Å². The van der Waals surface area contributed by atoms with E-state index >= 15 is 0 Å². The maximum Gasteiger partial charge on any atom is 0.270 e. The molecule has 2 heterocycles. The number of aromatic nitrogens is 2. The van der Waals surface area contributed by atoms with Crippen molar-refractivity contribution < 1.29 is 9.72 Å². The number of amides is 1. The Hall–Kier alpha value is -3.33. The smallest absolute Gasteiger partial charge is 0.270 e. The molecular weight excluding hydrogens is 356 g/mol. The predicted molar refractivity (Wildman–Crippen MR) is 97.2 cm³/mol. The maximum atomic E-state index is 12.1. The first-order valence-corrected chi connectivity index (χ1v) is 8.57. The molecular formula is C17H14N4O4S. The third kappa shape index (κ3) is 4.01. The number of carbonyl (C=O) groups is 1. The number of carbonyl (C=O) groups excluding carboxylic acids is 1. The van der Waals surface area contributed by atoms with E-state index in [1.807, 2.05) is 17.5 Å². The Morgan fingerprint density at radius 3 is 2.81 bits per heavy atom. The Kier molecular flexibility index (Phi) is 5.18. The molecule has 0 saturated heterocycles. The highest BCUT2D eigenvalue weighted by Crippen LogP contribution is 2.21. The SMILES string of the molecule is O=C(NCCn1nc(-c2cccs2)ccc1=O)c1cccc([N+](=O)[O-])c1. The van der Waals surface area contributed by atoms with E-state index in [1.165, 1.54) is 46.4 Å². The van der Waals surface area contributed by atoms with Gasteiger partial charge < -0.3 is 5.32 Å². The zero-order chi connectivity index (χ0) is 18.5. The summed E-state index contributed by atoms with van der Waals surface area (Å²) in [5, 5.41) is 19.6. The first-order valence-electron chi connectivity index (χ1n) is 7.69. The number of benzene rings is 1. The summed E-state index contributed by atoms with van der Waals surface area (Å²) in [6.07, 6.45) is 0. The summed E-state index contributed by atoms with van der Waals surface area (Å²) in [4.78, 5) is 35.2. The van der Waals surface area contributed by atoms with Crippen molar-refractivity contribution in [2.24, 2.45) is 0 Å². The topological polar surface area (TPSA) is 107 Å². The molecule has 26 heavy (non-hydrogen) atoms. The highest BCUT2D eigenvalue weighted by molar-refractivity contribution is 7.13. The van der Waals surface area contributed by atoms with Gasteiger partial charge in [-0.05, 0) is 23.6 Å². The Labute approximate surface area is 151 Å². The third-order valence-corrected chi connectivity index (χ3v) is 4.46. The van der Waals surface area contributed by atoms with Crippen LogP contribution in [0.3, 0.4) is 0 Å². The Morgan fingerprint density at radius 2 is 2.08 bits per heavy atom. The molecule has 0 unspecified atom stereocenters. The highest BCUT2D eigenvalue weighted by atomic mass is 32.1. The van der Waals surface area contributed by atoms with Crippen LogP contribution >= 0.6 is 11.3 Å². The zero-order valence-corrected chi connectivity index (χ0v) is 14.3. The number of nitro groups is 1. The number of thiophene rings is 1. The molecule has 0 aliphatic rings. The molecule has 132 valence electrons. The zero-order valence-electron chi connectivity index (χ0n) is 13.5. The van der Waals surface area contributed by atoms with Crippen LogP contribution in [0.4, 0.5) is 5.69 Å². The first kappa shape index (κ1) is 17.5. The molecule has 1 aromatic carbocycles. The van der Waals surface area contributed by atoms with Crippen LogP contribution in [0.5, 0.6) is 0 Å². The van der Waals surface area contributed by atoms with Crippen molar-refractivity contribution in [3.8, 4) is 10.6 Å². The summed E-state index contributed by atoms with van der Waals surface area (Å²) in [6.45, 7) is 0.362. The Morgan fingerprint density at radius 1 is 1.23 bits per heavy atom. The number of nitrogens with one attached hydrogen (secondary N) is 1. The van der Waals surface area contributed by atoms with Gasteiger partial charge in [0.25, 0.3) is 17.2 Å². The van der Waals surface area contributed by atoms with Crippen LogP contribution in [-0.2, 0) is 6.54 Å². The second-order valence-corrected chi connectivity index (χ2v) is 6.27. The molecule has 3 rings (SSSR count). The fraction of sp³-hybridized carbons (Fsp3) is 0.118. The molecule has 3 aromatic rings. The van der Waals surface area contributed by atoms with E-state index in [0.717, 1.165) is 4.88 Å². The maximum absolute atomic E-state index is 12.1. The lowest BCUT2D eigenvalue weighted by Gasteiger charge is -2.08. The number of rotatable bonds is 6. The van der Waals surface area contributed by atoms with Crippen LogP contribution in [-0.4, -0.2) is 27.2 Å². The molecule has 0 aliphatic carbocycles. The summed E-state index contributed by atoms with van der Waals surface area (Å²) < 4.78 is 1.28. The van der Waals surface area contributed by atoms with Crippen molar-refractivity contribution in [1.29, 1.82) is 0 Å². The van der Waals surface area contributed by atoms with E-state index in [-0.39, 0.29) is 29.9 Å². The Bertz CT molecular complexity index is 998. The first-order chi connectivity index (χ1) is 12.5. The molecule has 8 nitrogen and oxygen atoms in total. The van der Waals surface area contributed by atoms with Gasteiger partial charge in [-0.2, -0.15) is 5.10 Å². The van der Waals surface area contributed by atoms with Gasteiger partial charge >= 0.3 is 0 Å². The summed E-state index contributed by atoms with van der Waals surface area (Å²) in [6, 6.07) is 12.4. The minimum Gasteiger partial charge on any atom is -0.350 e. The average Bonchev–Trinajstić information content (AvgIpc) is 3.18. The molecule has 0 radical (unpaired) electrons. The number of hydrogen-bond donors (Lipinski definition) is 1. The van der Waals surface area contributed by atoms with Crippen molar-refractivity contribution in [2.45, 2.75) is 6.54 Å². The average molecular weight is 370 g/mol. The predicted octanol–water partition coefficient (Wildman–Crippen LogP) is 2.31. The molecule has 1 amide bonds. The van der Waals surface area contributed by atoms with E-state index < -0.39 is 10.8 Å². The largest absolute Gasteiger partial charge is 0.350 e. The molecule has 1 N–H and O–H groups in total.